The van der Waals surface area contributed by atoms with Crippen LogP contribution in [0, 0.1) is 0 Å². The van der Waals surface area contributed by atoms with Gasteiger partial charge in [-0.2, -0.15) is 0 Å². The standard InChI is InChI=1S/C22H21N5O3/c1-2-18-19(20(27-30-18)14-6-4-3-5-7-14)21(28)15-10-17(25-11-15)22(29)24-9-8-16-12-23-13-26-16/h3-7,10-13,25H,2,8-9H2,1H3,(H,23,26)(H,24,29). The molecule has 0 saturated carbocycles. The Morgan fingerprint density at radius 1 is 1.17 bits per heavy atom. The van der Waals surface area contributed by atoms with Gasteiger partial charge in [0.2, 0.25) is 0 Å². The van der Waals surface area contributed by atoms with E-state index in [0.717, 1.165) is 11.3 Å². The van der Waals surface area contributed by atoms with E-state index in [1.54, 1.807) is 18.6 Å². The van der Waals surface area contributed by atoms with Gasteiger partial charge in [0.05, 0.1) is 11.9 Å². The van der Waals surface area contributed by atoms with Crippen LogP contribution in [0.25, 0.3) is 11.3 Å². The molecule has 3 N–H and O–H groups in total. The lowest BCUT2D eigenvalue weighted by atomic mass is 9.98. The number of hydrogen-bond donors (Lipinski definition) is 3. The van der Waals surface area contributed by atoms with Gasteiger partial charge in [-0.3, -0.25) is 9.59 Å². The number of aromatic nitrogens is 4. The number of amides is 1. The Hall–Kier alpha value is -3.94. The molecular weight excluding hydrogens is 382 g/mol. The van der Waals surface area contributed by atoms with E-state index in [0.29, 0.717) is 47.7 Å². The third-order valence-corrected chi connectivity index (χ3v) is 4.78. The van der Waals surface area contributed by atoms with Gasteiger partial charge in [-0.25, -0.2) is 4.98 Å². The number of imidazole rings is 1. The molecule has 1 aromatic carbocycles. The molecule has 0 aliphatic heterocycles. The second kappa shape index (κ2) is 8.60. The predicted octanol–water partition coefficient (Wildman–Crippen LogP) is 3.16. The van der Waals surface area contributed by atoms with Gasteiger partial charge in [0.15, 0.2) is 5.78 Å². The van der Waals surface area contributed by atoms with Crippen molar-refractivity contribution in [1.82, 2.24) is 25.4 Å². The first-order valence-electron chi connectivity index (χ1n) is 9.70. The normalized spacial score (nSPS) is 10.8. The maximum atomic E-state index is 13.2. The van der Waals surface area contributed by atoms with Crippen molar-refractivity contribution in [1.29, 1.82) is 0 Å². The Bertz CT molecular complexity index is 1140. The van der Waals surface area contributed by atoms with Crippen LogP contribution in [0.3, 0.4) is 0 Å². The maximum absolute atomic E-state index is 13.2. The topological polar surface area (TPSA) is 117 Å². The zero-order valence-corrected chi connectivity index (χ0v) is 16.4. The zero-order chi connectivity index (χ0) is 20.9. The number of hydrogen-bond acceptors (Lipinski definition) is 5. The lowest BCUT2D eigenvalue weighted by Crippen LogP contribution is -2.26. The van der Waals surface area contributed by atoms with Crippen molar-refractivity contribution in [3.63, 3.8) is 0 Å². The molecule has 4 rings (SSSR count). The summed E-state index contributed by atoms with van der Waals surface area (Å²) in [5.41, 5.74) is 3.36. The van der Waals surface area contributed by atoms with Gasteiger partial charge in [-0.15, -0.1) is 0 Å². The second-order valence-corrected chi connectivity index (χ2v) is 6.76. The Morgan fingerprint density at radius 3 is 2.73 bits per heavy atom. The highest BCUT2D eigenvalue weighted by Gasteiger charge is 2.25. The number of nitrogens with zero attached hydrogens (tertiary/aromatic N) is 2. The van der Waals surface area contributed by atoms with Crippen LogP contribution in [0.1, 0.15) is 44.8 Å². The van der Waals surface area contributed by atoms with E-state index < -0.39 is 0 Å². The van der Waals surface area contributed by atoms with E-state index in [9.17, 15) is 9.59 Å². The molecule has 152 valence electrons. The summed E-state index contributed by atoms with van der Waals surface area (Å²) in [6, 6.07) is 11.0. The van der Waals surface area contributed by atoms with E-state index in [1.807, 2.05) is 37.3 Å². The Kier molecular flexibility index (Phi) is 5.56. The summed E-state index contributed by atoms with van der Waals surface area (Å²) in [5, 5.41) is 6.94. The number of aromatic amines is 2. The van der Waals surface area contributed by atoms with Gasteiger partial charge >= 0.3 is 0 Å². The number of aryl methyl sites for hydroxylation is 1. The van der Waals surface area contributed by atoms with E-state index >= 15 is 0 Å². The molecule has 1 amide bonds. The number of rotatable bonds is 8. The van der Waals surface area contributed by atoms with Crippen molar-refractivity contribution in [3.8, 4) is 11.3 Å². The first-order valence-corrected chi connectivity index (χ1v) is 9.70. The molecule has 0 aliphatic rings. The van der Waals surface area contributed by atoms with Crippen molar-refractivity contribution in [2.24, 2.45) is 0 Å². The van der Waals surface area contributed by atoms with Crippen molar-refractivity contribution < 1.29 is 14.1 Å². The summed E-state index contributed by atoms with van der Waals surface area (Å²) in [7, 11) is 0. The van der Waals surface area contributed by atoms with Crippen LogP contribution >= 0.6 is 0 Å². The fraction of sp³-hybridized carbons (Fsp3) is 0.182. The highest BCUT2D eigenvalue weighted by Crippen LogP contribution is 2.28. The predicted molar refractivity (Wildman–Crippen MR) is 110 cm³/mol. The molecular formula is C22H21N5O3. The molecule has 0 bridgehead atoms. The molecule has 3 heterocycles. The molecule has 0 unspecified atom stereocenters. The SMILES string of the molecule is CCc1onc(-c2ccccc2)c1C(=O)c1c[nH]c(C(=O)NCCc2cnc[nH]2)c1. The molecule has 0 aliphatic carbocycles. The molecule has 0 atom stereocenters. The average molecular weight is 403 g/mol. The van der Waals surface area contributed by atoms with Crippen LogP contribution in [0.2, 0.25) is 0 Å². The number of carbonyl (C=O) groups excluding carboxylic acids is 2. The lowest BCUT2D eigenvalue weighted by Gasteiger charge is -2.02. The van der Waals surface area contributed by atoms with Gasteiger partial charge < -0.3 is 19.8 Å². The fourth-order valence-corrected chi connectivity index (χ4v) is 3.22. The first kappa shape index (κ1) is 19.4. The van der Waals surface area contributed by atoms with E-state index in [1.165, 1.54) is 6.20 Å². The molecule has 4 aromatic rings. The Balaban J connectivity index is 1.52. The smallest absolute Gasteiger partial charge is 0.267 e. The molecule has 3 aromatic heterocycles. The summed E-state index contributed by atoms with van der Waals surface area (Å²) < 4.78 is 5.42. The number of ketones is 1. The van der Waals surface area contributed by atoms with Crippen LogP contribution in [0.4, 0.5) is 0 Å². The molecule has 0 radical (unpaired) electrons. The van der Waals surface area contributed by atoms with Gasteiger partial charge in [0.25, 0.3) is 5.91 Å². The molecule has 30 heavy (non-hydrogen) atoms. The summed E-state index contributed by atoms with van der Waals surface area (Å²) in [6.45, 7) is 2.36. The van der Waals surface area contributed by atoms with Crippen LogP contribution in [-0.2, 0) is 12.8 Å². The van der Waals surface area contributed by atoms with Gasteiger partial charge in [0.1, 0.15) is 17.1 Å². The molecule has 8 heteroatoms. The minimum Gasteiger partial charge on any atom is -0.360 e. The first-order chi connectivity index (χ1) is 14.7. The minimum atomic E-state index is -0.280. The van der Waals surface area contributed by atoms with Crippen molar-refractivity contribution in [2.45, 2.75) is 19.8 Å². The maximum Gasteiger partial charge on any atom is 0.267 e. The van der Waals surface area contributed by atoms with Crippen molar-refractivity contribution in [2.75, 3.05) is 6.54 Å². The van der Waals surface area contributed by atoms with Gasteiger partial charge in [0, 0.05) is 48.6 Å². The molecule has 0 spiro atoms. The monoisotopic (exact) mass is 403 g/mol. The van der Waals surface area contributed by atoms with E-state index in [4.69, 9.17) is 4.52 Å². The molecule has 0 fully saturated rings. The number of benzene rings is 1. The quantitative estimate of drug-likeness (QED) is 0.391. The highest BCUT2D eigenvalue weighted by atomic mass is 16.5. The Morgan fingerprint density at radius 2 is 2.00 bits per heavy atom. The van der Waals surface area contributed by atoms with Crippen molar-refractivity contribution in [3.05, 3.63) is 83.4 Å². The van der Waals surface area contributed by atoms with E-state index in [2.05, 4.69) is 25.4 Å². The second-order valence-electron chi connectivity index (χ2n) is 6.76. The minimum absolute atomic E-state index is 0.236. The van der Waals surface area contributed by atoms with Crippen LogP contribution < -0.4 is 5.32 Å². The van der Waals surface area contributed by atoms with Crippen LogP contribution in [0.5, 0.6) is 0 Å². The van der Waals surface area contributed by atoms with Gasteiger partial charge in [-0.05, 0) is 6.07 Å². The molecule has 0 saturated heterocycles. The summed E-state index contributed by atoms with van der Waals surface area (Å²) in [4.78, 5) is 35.4. The van der Waals surface area contributed by atoms with E-state index in [-0.39, 0.29) is 11.7 Å². The van der Waals surface area contributed by atoms with Gasteiger partial charge in [-0.1, -0.05) is 42.4 Å². The fourth-order valence-electron chi connectivity index (χ4n) is 3.22. The van der Waals surface area contributed by atoms with Crippen molar-refractivity contribution >= 4 is 11.7 Å². The third kappa shape index (κ3) is 3.93. The summed E-state index contributed by atoms with van der Waals surface area (Å²) >= 11 is 0. The third-order valence-electron chi connectivity index (χ3n) is 4.78. The largest absolute Gasteiger partial charge is 0.360 e. The van der Waals surface area contributed by atoms with Crippen LogP contribution in [0.15, 0.2) is 59.6 Å². The number of nitrogens with one attached hydrogen (secondary N) is 3. The average Bonchev–Trinajstić information content (AvgIpc) is 3.54. The van der Waals surface area contributed by atoms with Crippen LogP contribution in [-0.4, -0.2) is 38.3 Å². The highest BCUT2D eigenvalue weighted by molar-refractivity contribution is 6.13. The number of H-pyrrole nitrogens is 2. The summed E-state index contributed by atoms with van der Waals surface area (Å²) in [5.74, 6) is 0.00297. The molecule has 8 nitrogen and oxygen atoms in total. The number of carbonyl (C=O) groups is 2. The lowest BCUT2D eigenvalue weighted by molar-refractivity contribution is 0.0949. The summed E-state index contributed by atoms with van der Waals surface area (Å²) in [6.07, 6.45) is 6.02. The Labute approximate surface area is 172 Å². The zero-order valence-electron chi connectivity index (χ0n) is 16.4.